The number of benzene rings is 1. The number of aryl methyl sites for hydroxylation is 2. The molecule has 6 aromatic rings. The lowest BCUT2D eigenvalue weighted by Crippen LogP contribution is -2.53. The van der Waals surface area contributed by atoms with Crippen LogP contribution in [-0.4, -0.2) is 117 Å². The van der Waals surface area contributed by atoms with Crippen molar-refractivity contribution >= 4 is 39.5 Å². The maximum Gasteiger partial charge on any atom is 0.317 e. The van der Waals surface area contributed by atoms with Crippen molar-refractivity contribution in [1.29, 1.82) is 5.26 Å². The number of thiophene rings is 1. The predicted molar refractivity (Wildman–Crippen MR) is 276 cm³/mol. The number of fused-ring (bicyclic) bond motifs is 1. The molecule has 5 aromatic heterocycles. The summed E-state index contributed by atoms with van der Waals surface area (Å²) < 4.78 is 30.4. The van der Waals surface area contributed by atoms with Crippen LogP contribution in [0.15, 0.2) is 46.7 Å². The van der Waals surface area contributed by atoms with Gasteiger partial charge in [-0.1, -0.05) is 36.4 Å². The molecule has 11 rings (SSSR count). The van der Waals surface area contributed by atoms with Gasteiger partial charge in [-0.3, -0.25) is 9.59 Å². The van der Waals surface area contributed by atoms with Gasteiger partial charge < -0.3 is 40.3 Å². The molecule has 22 heteroatoms. The summed E-state index contributed by atoms with van der Waals surface area (Å²) in [5.41, 5.74) is 9.70. The van der Waals surface area contributed by atoms with Crippen LogP contribution in [0.1, 0.15) is 136 Å². The van der Waals surface area contributed by atoms with Gasteiger partial charge in [-0.15, -0.1) is 27.8 Å². The molecule has 1 spiro atoms. The zero-order valence-electron chi connectivity index (χ0n) is 42.8. The number of phenolic OH excluding ortho intramolecular Hbond substituents is 1. The van der Waals surface area contributed by atoms with Gasteiger partial charge in [0.05, 0.1) is 52.0 Å². The molecule has 0 unspecified atom stereocenters. The third kappa shape index (κ3) is 9.43. The molecule has 2 saturated carbocycles. The number of aromatic nitrogens is 8. The number of halogens is 1. The molecular weight excluding hydrogens is 998 g/mol. The number of carbonyl (C=O) groups excluding carboxylic acids is 2. The van der Waals surface area contributed by atoms with Crippen LogP contribution < -0.4 is 15.8 Å². The third-order valence-electron chi connectivity index (χ3n) is 16.6. The van der Waals surface area contributed by atoms with Crippen molar-refractivity contribution < 1.29 is 33.5 Å². The zero-order chi connectivity index (χ0) is 52.6. The van der Waals surface area contributed by atoms with Crippen molar-refractivity contribution in [2.75, 3.05) is 38.5 Å². The first kappa shape index (κ1) is 50.7. The van der Waals surface area contributed by atoms with Crippen LogP contribution in [0.25, 0.3) is 22.0 Å². The van der Waals surface area contributed by atoms with E-state index < -0.39 is 47.1 Å². The number of nitrogen functional groups attached to an aromatic ring is 1. The number of hydrogen-bond donors (Lipinski definition) is 4. The van der Waals surface area contributed by atoms with Crippen LogP contribution in [-0.2, 0) is 27.1 Å². The smallest absolute Gasteiger partial charge is 0.317 e. The van der Waals surface area contributed by atoms with Gasteiger partial charge in [-0.25, -0.2) is 19.0 Å². The van der Waals surface area contributed by atoms with Gasteiger partial charge in [0.2, 0.25) is 23.5 Å². The number of carbonyl (C=O) groups is 2. The number of rotatable bonds is 15. The molecule has 5 atom stereocenters. The minimum absolute atomic E-state index is 0.0217. The average molecular weight is 1060 g/mol. The molecule has 0 bridgehead atoms. The number of aliphatic hydroxyl groups is 1. The molecule has 2 saturated heterocycles. The number of ether oxygens (including phenoxy) is 1. The van der Waals surface area contributed by atoms with Crippen LogP contribution in [0.5, 0.6) is 11.8 Å². The summed E-state index contributed by atoms with van der Waals surface area (Å²) in [5, 5.41) is 48.0. The second-order valence-electron chi connectivity index (χ2n) is 22.4. The van der Waals surface area contributed by atoms with E-state index in [-0.39, 0.29) is 47.2 Å². The predicted octanol–water partition coefficient (Wildman–Crippen LogP) is 7.35. The Hall–Kier alpha value is -6.41. The van der Waals surface area contributed by atoms with Crippen molar-refractivity contribution in [3.8, 4) is 39.8 Å². The fraction of sp³-hybridized carbons (Fsp3) is 0.547. The Labute approximate surface area is 441 Å². The monoisotopic (exact) mass is 1060 g/mol. The van der Waals surface area contributed by atoms with Gasteiger partial charge in [0.15, 0.2) is 5.67 Å². The van der Waals surface area contributed by atoms with Gasteiger partial charge in [0, 0.05) is 47.1 Å². The topological polar surface area (TPSA) is 260 Å². The van der Waals surface area contributed by atoms with E-state index in [1.807, 2.05) is 33.8 Å². The summed E-state index contributed by atoms with van der Waals surface area (Å²) in [6, 6.07) is 7.08. The summed E-state index contributed by atoms with van der Waals surface area (Å²) in [4.78, 5) is 52.2. The number of nitrogens with one attached hydrogen (secondary N) is 1. The van der Waals surface area contributed by atoms with Crippen molar-refractivity contribution in [2.24, 2.45) is 16.7 Å². The third-order valence-corrected chi connectivity index (χ3v) is 18.7. The molecule has 394 valence electrons. The van der Waals surface area contributed by atoms with E-state index in [4.69, 9.17) is 20.0 Å². The molecule has 5 aliphatic rings. The SMILES string of the molecule is Cc1ncsc1-c1ccc([C@H](C)NC(=O)[C@@H]2C[C@@H](O)CN2C(=O)[C@H](C(C)C)n2cc(C3(F)CC4(CCN(CC5(COc6nccc(-c7noc([C@@]8(C)CCCc9sc(N)c(C#N)c98)n7)n6)CC5)CC4)C3)nn2)c(O)c1. The molecular formula is C53H62FN13O6S2. The largest absolute Gasteiger partial charge is 0.508 e. The number of nitrogens with two attached hydrogens (primary N) is 1. The highest BCUT2D eigenvalue weighted by Crippen LogP contribution is 2.61. The Morgan fingerprint density at radius 1 is 1.11 bits per heavy atom. The number of anilines is 1. The molecule has 5 N–H and O–H groups in total. The number of nitriles is 1. The molecule has 4 fully saturated rings. The molecule has 2 aliphatic heterocycles. The summed E-state index contributed by atoms with van der Waals surface area (Å²) >= 11 is 2.93. The molecule has 7 heterocycles. The lowest BCUT2D eigenvalue weighted by molar-refractivity contribution is -0.142. The van der Waals surface area contributed by atoms with Crippen molar-refractivity contribution in [3.05, 3.63) is 81.0 Å². The highest BCUT2D eigenvalue weighted by atomic mass is 32.1. The Bertz CT molecular complexity index is 3180. The van der Waals surface area contributed by atoms with E-state index in [1.165, 1.54) is 32.3 Å². The number of nitrogens with zero attached hydrogens (tertiary/aromatic N) is 11. The average Bonchev–Trinajstić information content (AvgIpc) is 4.03. The number of alkyl halides is 1. The Morgan fingerprint density at radius 3 is 2.60 bits per heavy atom. The normalized spacial score (nSPS) is 23.3. The van der Waals surface area contributed by atoms with Gasteiger partial charge in [0.25, 0.3) is 0 Å². The highest BCUT2D eigenvalue weighted by molar-refractivity contribution is 7.16. The molecule has 1 aromatic carbocycles. The van der Waals surface area contributed by atoms with Crippen LogP contribution in [0.3, 0.4) is 0 Å². The van der Waals surface area contributed by atoms with Gasteiger partial charge in [-0.05, 0) is 121 Å². The van der Waals surface area contributed by atoms with Gasteiger partial charge >= 0.3 is 6.01 Å². The number of likely N-dealkylation sites (tertiary alicyclic amines) is 2. The molecule has 3 aliphatic carbocycles. The van der Waals surface area contributed by atoms with Crippen LogP contribution in [0.4, 0.5) is 9.39 Å². The van der Waals surface area contributed by atoms with Crippen LogP contribution >= 0.6 is 22.7 Å². The first-order valence-corrected chi connectivity index (χ1v) is 27.6. The number of phenols is 1. The Morgan fingerprint density at radius 2 is 1.89 bits per heavy atom. The fourth-order valence-electron chi connectivity index (χ4n) is 12.3. The number of amides is 2. The maximum absolute atomic E-state index is 16.8. The fourth-order valence-corrected chi connectivity index (χ4v) is 14.3. The second kappa shape index (κ2) is 19.3. The molecule has 75 heavy (non-hydrogen) atoms. The minimum atomic E-state index is -1.68. The van der Waals surface area contributed by atoms with Crippen molar-refractivity contribution in [3.63, 3.8) is 0 Å². The maximum atomic E-state index is 16.8. The van der Waals surface area contributed by atoms with E-state index in [0.717, 1.165) is 91.2 Å². The van der Waals surface area contributed by atoms with Crippen molar-refractivity contribution in [1.82, 2.24) is 55.2 Å². The van der Waals surface area contributed by atoms with Crippen LogP contribution in [0.2, 0.25) is 0 Å². The summed E-state index contributed by atoms with van der Waals surface area (Å²) in [7, 11) is 0. The zero-order valence-corrected chi connectivity index (χ0v) is 44.4. The summed E-state index contributed by atoms with van der Waals surface area (Å²) in [5.74, 6) is -0.408. The number of thiazole rings is 1. The first-order valence-electron chi connectivity index (χ1n) is 25.9. The van der Waals surface area contributed by atoms with Crippen LogP contribution in [0, 0.1) is 35.0 Å². The summed E-state index contributed by atoms with van der Waals surface area (Å²) in [6.45, 7) is 12.4. The van der Waals surface area contributed by atoms with Crippen molar-refractivity contribution in [2.45, 2.75) is 134 Å². The highest BCUT2D eigenvalue weighted by Gasteiger charge is 2.59. The minimum Gasteiger partial charge on any atom is -0.508 e. The van der Waals surface area contributed by atoms with E-state index in [9.17, 15) is 25.1 Å². The lowest BCUT2D eigenvalue weighted by atomic mass is 9.55. The Kier molecular flexibility index (Phi) is 13.1. The number of piperidine rings is 1. The molecule has 19 nitrogen and oxygen atoms in total. The number of β-amino-alcohol motifs (C(OH)–C–C–N with tert-alkyl or cyclic N) is 1. The molecule has 2 amide bonds. The van der Waals surface area contributed by atoms with Gasteiger partial charge in [0.1, 0.15) is 40.3 Å². The Balaban J connectivity index is 0.674. The number of hydrogen-bond acceptors (Lipinski definition) is 18. The van der Waals surface area contributed by atoms with E-state index >= 15 is 4.39 Å². The van der Waals surface area contributed by atoms with Gasteiger partial charge in [-0.2, -0.15) is 15.2 Å². The lowest BCUT2D eigenvalue weighted by Gasteiger charge is -2.54. The number of aliphatic hydroxyl groups excluding tert-OH is 1. The van der Waals surface area contributed by atoms with E-state index in [2.05, 4.69) is 46.7 Å². The first-order chi connectivity index (χ1) is 35.9. The quantitative estimate of drug-likeness (QED) is 0.0783. The number of aromatic hydroxyl groups is 1. The molecule has 0 radical (unpaired) electrons. The standard InChI is InChI=1S/C53H62FN13O6S2/c1-29(2)42(47(71)66-22-33(68)20-37(66)46(70)59-30(3)34-9-8-32(19-38(34)69)43-31(4)58-28-74-43)67-23-40(62-64-67)53(54)24-51(25-53)14-17-65(18-15-51)26-52(12-13-52)27-72-49-57-16-10-36(60-49)45-61-48(73-63-45)50(5)11-6-7-39-41(50)35(21-55)44(56)75-39/h8-10,16,19,23,28-30,33,37,42,68-69H,6-7,11-15,17-18,20,22,24-27,56H2,1-5H3,(H,59,70)/t30-,33+,37-,42-,50-/m0/s1. The van der Waals surface area contributed by atoms with E-state index in [1.54, 1.807) is 43.0 Å². The van der Waals surface area contributed by atoms with E-state index in [0.29, 0.717) is 53.0 Å². The second-order valence-corrected chi connectivity index (χ2v) is 24.4. The summed E-state index contributed by atoms with van der Waals surface area (Å²) in [6.07, 6.45) is 9.19.